The predicted molar refractivity (Wildman–Crippen MR) is 150 cm³/mol. The summed E-state index contributed by atoms with van der Waals surface area (Å²) in [6, 6.07) is 15.1. The Bertz CT molecular complexity index is 1210. The highest BCUT2D eigenvalue weighted by molar-refractivity contribution is 5.89. The van der Waals surface area contributed by atoms with Crippen LogP contribution >= 0.6 is 0 Å². The zero-order chi connectivity index (χ0) is 27.8. The highest BCUT2D eigenvalue weighted by Gasteiger charge is 2.36. The molecule has 39 heavy (non-hydrogen) atoms. The average Bonchev–Trinajstić information content (AvgIpc) is 2.91. The third-order valence-electron chi connectivity index (χ3n) is 7.96. The summed E-state index contributed by atoms with van der Waals surface area (Å²) in [6.07, 6.45) is 6.98. The zero-order valence-corrected chi connectivity index (χ0v) is 22.6. The molecule has 1 aliphatic heterocycles. The smallest absolute Gasteiger partial charge is 0.241 e. The van der Waals surface area contributed by atoms with Crippen LogP contribution < -0.4 is 16.4 Å². The van der Waals surface area contributed by atoms with Gasteiger partial charge in [-0.25, -0.2) is 0 Å². The summed E-state index contributed by atoms with van der Waals surface area (Å²) in [7, 11) is 0. The van der Waals surface area contributed by atoms with E-state index < -0.39 is 5.91 Å². The molecule has 4 rings (SSSR count). The molecule has 1 saturated heterocycles. The number of hydrogen-bond acceptors (Lipinski definition) is 5. The fraction of sp³-hybridized carbons (Fsp3) is 0.467. The van der Waals surface area contributed by atoms with E-state index >= 15 is 0 Å². The summed E-state index contributed by atoms with van der Waals surface area (Å²) in [5.41, 5.74) is 6.32. The molecule has 1 saturated carbocycles. The number of rotatable bonds is 11. The molecule has 1 atom stereocenters. The van der Waals surface area contributed by atoms with Crippen molar-refractivity contribution in [2.24, 2.45) is 11.7 Å². The molecule has 4 N–H and O–H groups in total. The fourth-order valence-corrected chi connectivity index (χ4v) is 5.47. The summed E-state index contributed by atoms with van der Waals surface area (Å²) in [4.78, 5) is 53.0. The molecule has 1 heterocycles. The molecular weight excluding hydrogens is 494 g/mol. The topological polar surface area (TPSA) is 125 Å². The van der Waals surface area contributed by atoms with Crippen molar-refractivity contribution in [2.75, 3.05) is 32.7 Å². The second-order valence-electron chi connectivity index (χ2n) is 10.5. The van der Waals surface area contributed by atoms with Gasteiger partial charge in [-0.2, -0.15) is 0 Å². The van der Waals surface area contributed by atoms with Crippen LogP contribution in [0.3, 0.4) is 0 Å². The summed E-state index contributed by atoms with van der Waals surface area (Å²) < 4.78 is 0. The number of carbonyl (C=O) groups excluding carboxylic acids is 4. The van der Waals surface area contributed by atoms with Crippen LogP contribution in [0.4, 0.5) is 0 Å². The lowest BCUT2D eigenvalue weighted by Gasteiger charge is -2.42. The van der Waals surface area contributed by atoms with Crippen molar-refractivity contribution in [3.05, 3.63) is 60.2 Å². The van der Waals surface area contributed by atoms with E-state index in [1.165, 1.54) is 22.4 Å². The zero-order valence-electron chi connectivity index (χ0n) is 22.6. The Morgan fingerprint density at radius 2 is 1.72 bits per heavy atom. The van der Waals surface area contributed by atoms with Gasteiger partial charge in [-0.3, -0.25) is 24.1 Å². The minimum Gasteiger partial charge on any atom is -0.366 e. The molecule has 1 aliphatic carbocycles. The predicted octanol–water partition coefficient (Wildman–Crippen LogP) is 2.27. The Hall–Kier alpha value is -3.72. The molecule has 2 aromatic carbocycles. The molecule has 2 aromatic rings. The first-order valence-corrected chi connectivity index (χ1v) is 13.8. The maximum absolute atomic E-state index is 13.3. The number of nitrogens with one attached hydrogen (secondary N) is 2. The van der Waals surface area contributed by atoms with E-state index in [0.29, 0.717) is 0 Å². The number of hydrogen-bond donors (Lipinski definition) is 3. The highest BCUT2D eigenvalue weighted by Crippen LogP contribution is 2.33. The molecule has 9 heteroatoms. The second kappa shape index (κ2) is 13.4. The molecule has 2 aliphatic rings. The van der Waals surface area contributed by atoms with Crippen LogP contribution in [-0.2, 0) is 19.2 Å². The second-order valence-corrected chi connectivity index (χ2v) is 10.5. The number of primary amides is 1. The number of piperidine rings is 1. The average molecular weight is 534 g/mol. The molecule has 1 unspecified atom stereocenters. The van der Waals surface area contributed by atoms with Gasteiger partial charge in [-0.05, 0) is 48.9 Å². The number of nitrogens with two attached hydrogens (primary N) is 1. The van der Waals surface area contributed by atoms with Gasteiger partial charge in [0.25, 0.3) is 0 Å². The number of amides is 4. The van der Waals surface area contributed by atoms with Crippen LogP contribution in [-0.4, -0.2) is 72.2 Å². The summed E-state index contributed by atoms with van der Waals surface area (Å²) >= 11 is 0. The highest BCUT2D eigenvalue weighted by atomic mass is 16.2. The number of fused-ring (bicyclic) bond motifs is 1. The molecule has 4 amide bonds. The van der Waals surface area contributed by atoms with Crippen molar-refractivity contribution < 1.29 is 19.2 Å². The molecule has 9 nitrogen and oxygen atoms in total. The number of benzene rings is 2. The lowest BCUT2D eigenvalue weighted by Crippen LogP contribution is -2.53. The molecule has 0 bridgehead atoms. The molecule has 2 fully saturated rings. The van der Waals surface area contributed by atoms with Gasteiger partial charge in [-0.15, -0.1) is 0 Å². The van der Waals surface area contributed by atoms with Crippen molar-refractivity contribution in [3.8, 4) is 0 Å². The van der Waals surface area contributed by atoms with E-state index in [0.717, 1.165) is 51.3 Å². The van der Waals surface area contributed by atoms with Crippen molar-refractivity contribution in [3.63, 3.8) is 0 Å². The molecule has 0 radical (unpaired) electrons. The van der Waals surface area contributed by atoms with Crippen molar-refractivity contribution in [1.82, 2.24) is 20.4 Å². The summed E-state index contributed by atoms with van der Waals surface area (Å²) in [6.45, 7) is 3.81. The first kappa shape index (κ1) is 28.3. The lowest BCUT2D eigenvalue weighted by molar-refractivity contribution is -0.145. The van der Waals surface area contributed by atoms with Crippen molar-refractivity contribution in [2.45, 2.75) is 51.1 Å². The number of carbonyl (C=O) groups is 4. The monoisotopic (exact) mass is 533 g/mol. The maximum atomic E-state index is 13.3. The van der Waals surface area contributed by atoms with Crippen LogP contribution in [0.5, 0.6) is 0 Å². The maximum Gasteiger partial charge on any atom is 0.241 e. The van der Waals surface area contributed by atoms with Gasteiger partial charge in [0.2, 0.25) is 23.6 Å². The van der Waals surface area contributed by atoms with Crippen LogP contribution in [0, 0.1) is 5.92 Å². The van der Waals surface area contributed by atoms with Gasteiger partial charge >= 0.3 is 0 Å². The van der Waals surface area contributed by atoms with E-state index in [-0.39, 0.29) is 55.4 Å². The standard InChI is InChI=1S/C30H39N5O4/c1-21(25-12-5-8-22-7-2-3-11-26(22)25)34-17-14-24(15-18-34)35(30(39)23-9-4-10-23)20-29(38)33-19-28(37)32-16-6-13-27(31)36/h2-3,5-8,11-13,21,23-24H,4,9-10,14-20H2,1H3,(H2,31,36)(H,32,37)(H,33,38)/b13-6+. The van der Waals surface area contributed by atoms with Crippen molar-refractivity contribution in [1.29, 1.82) is 0 Å². The molecule has 0 spiro atoms. The Labute approximate surface area is 229 Å². The number of nitrogens with zero attached hydrogens (tertiary/aromatic N) is 2. The lowest BCUT2D eigenvalue weighted by atomic mass is 9.83. The quantitative estimate of drug-likeness (QED) is 0.382. The third-order valence-corrected chi connectivity index (χ3v) is 7.96. The fourth-order valence-electron chi connectivity index (χ4n) is 5.47. The van der Waals surface area contributed by atoms with Crippen LogP contribution in [0.15, 0.2) is 54.6 Å². The van der Waals surface area contributed by atoms with Crippen molar-refractivity contribution >= 4 is 34.4 Å². The van der Waals surface area contributed by atoms with Gasteiger partial charge in [0.1, 0.15) is 0 Å². The summed E-state index contributed by atoms with van der Waals surface area (Å²) in [5.74, 6) is -1.28. The van der Waals surface area contributed by atoms with Gasteiger partial charge in [-0.1, -0.05) is 55.0 Å². The van der Waals surface area contributed by atoms with Crippen LogP contribution in [0.25, 0.3) is 10.8 Å². The normalized spacial score (nSPS) is 17.5. The van der Waals surface area contributed by atoms with E-state index in [2.05, 4.69) is 64.9 Å². The van der Waals surface area contributed by atoms with Crippen LogP contribution in [0.1, 0.15) is 50.6 Å². The Kier molecular flexibility index (Phi) is 9.70. The largest absolute Gasteiger partial charge is 0.366 e. The van der Waals surface area contributed by atoms with Gasteiger partial charge < -0.3 is 21.3 Å². The Morgan fingerprint density at radius 1 is 1.00 bits per heavy atom. The van der Waals surface area contributed by atoms with E-state index in [4.69, 9.17) is 5.73 Å². The first-order valence-electron chi connectivity index (χ1n) is 13.8. The van der Waals surface area contributed by atoms with Crippen LogP contribution in [0.2, 0.25) is 0 Å². The molecule has 208 valence electrons. The SMILES string of the molecule is CC(c1cccc2ccccc12)N1CCC(N(CC(=O)NCC(=O)NC/C=C/C(N)=O)C(=O)C2CCC2)CC1. The molecular formula is C30H39N5O4. The van der Waals surface area contributed by atoms with Gasteiger partial charge in [0, 0.05) is 43.7 Å². The Balaban J connectivity index is 1.33. The first-order chi connectivity index (χ1) is 18.8. The minimum absolute atomic E-state index is 0.00687. The summed E-state index contributed by atoms with van der Waals surface area (Å²) in [5, 5.41) is 7.70. The van der Waals surface area contributed by atoms with Gasteiger partial charge in [0.05, 0.1) is 13.1 Å². The minimum atomic E-state index is -0.595. The van der Waals surface area contributed by atoms with E-state index in [1.54, 1.807) is 4.90 Å². The van der Waals surface area contributed by atoms with Gasteiger partial charge in [0.15, 0.2) is 0 Å². The van der Waals surface area contributed by atoms with E-state index in [1.807, 2.05) is 0 Å². The molecule has 0 aromatic heterocycles. The van der Waals surface area contributed by atoms with E-state index in [9.17, 15) is 19.2 Å². The number of likely N-dealkylation sites (tertiary alicyclic amines) is 1. The Morgan fingerprint density at radius 3 is 2.41 bits per heavy atom. The third kappa shape index (κ3) is 7.44.